The van der Waals surface area contributed by atoms with Crippen LogP contribution in [0.15, 0.2) is 90.5 Å². The number of hydrogen-bond acceptors (Lipinski definition) is 3. The van der Waals surface area contributed by atoms with Gasteiger partial charge in [0.05, 0.1) is 0 Å². The second-order valence-corrected chi connectivity index (χ2v) is 8.86. The van der Waals surface area contributed by atoms with Crippen LogP contribution in [0.2, 0.25) is 5.02 Å². The van der Waals surface area contributed by atoms with Crippen molar-refractivity contribution in [3.63, 3.8) is 0 Å². The molecule has 0 heterocycles. The molecule has 1 N–H and O–H groups in total. The minimum absolute atomic E-state index is 0.0208. The zero-order valence-electron chi connectivity index (χ0n) is 17.4. The van der Waals surface area contributed by atoms with Crippen molar-refractivity contribution in [1.82, 2.24) is 0 Å². The van der Waals surface area contributed by atoms with Crippen LogP contribution in [0.1, 0.15) is 11.1 Å². The van der Waals surface area contributed by atoms with E-state index in [1.165, 1.54) is 0 Å². The summed E-state index contributed by atoms with van der Waals surface area (Å²) in [6, 6.07) is 28.4. The van der Waals surface area contributed by atoms with Gasteiger partial charge in [-0.25, -0.2) is 0 Å². The summed E-state index contributed by atoms with van der Waals surface area (Å²) in [5.41, 5.74) is 2.11. The third-order valence-corrected chi connectivity index (χ3v) is 6.12. The van der Waals surface area contributed by atoms with E-state index in [2.05, 4.69) is 27.9 Å². The van der Waals surface area contributed by atoms with E-state index in [0.29, 0.717) is 22.0 Å². The fourth-order valence-corrected chi connectivity index (χ4v) is 3.90. The molecule has 6 heteroatoms. The van der Waals surface area contributed by atoms with Gasteiger partial charge >= 0.3 is 0 Å². The molecular formula is C27H18ClIN2O2. The van der Waals surface area contributed by atoms with Crippen molar-refractivity contribution >= 4 is 62.6 Å². The first-order valence-electron chi connectivity index (χ1n) is 10.1. The first-order valence-corrected chi connectivity index (χ1v) is 11.6. The number of nitrogens with one attached hydrogen (secondary N) is 1. The molecule has 0 bridgehead atoms. The Morgan fingerprint density at radius 3 is 2.48 bits per heavy atom. The Labute approximate surface area is 210 Å². The molecule has 0 unspecified atom stereocenters. The molecule has 4 nitrogen and oxygen atoms in total. The Morgan fingerprint density at radius 1 is 1.00 bits per heavy atom. The number of carbonyl (C=O) groups excluding carboxylic acids is 1. The van der Waals surface area contributed by atoms with Gasteiger partial charge in [0, 0.05) is 25.4 Å². The van der Waals surface area contributed by atoms with Crippen molar-refractivity contribution in [2.75, 3.05) is 5.32 Å². The maximum absolute atomic E-state index is 12.8. The number of hydrogen-bond donors (Lipinski definition) is 1. The van der Waals surface area contributed by atoms with E-state index < -0.39 is 5.91 Å². The molecule has 0 spiro atoms. The molecule has 33 heavy (non-hydrogen) atoms. The molecular weight excluding hydrogens is 547 g/mol. The number of anilines is 1. The molecule has 0 atom stereocenters. The maximum atomic E-state index is 12.8. The summed E-state index contributed by atoms with van der Waals surface area (Å²) in [5, 5.41) is 15.0. The monoisotopic (exact) mass is 564 g/mol. The number of amides is 1. The summed E-state index contributed by atoms with van der Waals surface area (Å²) < 4.78 is 7.15. The smallest absolute Gasteiger partial charge is 0.266 e. The van der Waals surface area contributed by atoms with Gasteiger partial charge in [-0.1, -0.05) is 60.1 Å². The third-order valence-electron chi connectivity index (χ3n) is 5.03. The normalized spacial score (nSPS) is 11.1. The molecule has 4 rings (SSSR count). The lowest BCUT2D eigenvalue weighted by Crippen LogP contribution is -2.13. The molecule has 0 aliphatic heterocycles. The molecule has 4 aromatic rings. The number of nitriles is 1. The van der Waals surface area contributed by atoms with Gasteiger partial charge in [0.1, 0.15) is 24.0 Å². The summed E-state index contributed by atoms with van der Waals surface area (Å²) in [4.78, 5) is 12.8. The van der Waals surface area contributed by atoms with E-state index in [1.54, 1.807) is 18.2 Å². The number of halogens is 2. The summed E-state index contributed by atoms with van der Waals surface area (Å²) in [7, 11) is 0. The Bertz CT molecular complexity index is 1390. The van der Waals surface area contributed by atoms with Crippen LogP contribution in [0.25, 0.3) is 16.8 Å². The molecule has 4 aromatic carbocycles. The predicted molar refractivity (Wildman–Crippen MR) is 141 cm³/mol. The number of carbonyl (C=O) groups is 1. The van der Waals surface area contributed by atoms with Crippen LogP contribution in [-0.2, 0) is 11.4 Å². The lowest BCUT2D eigenvalue weighted by atomic mass is 10.0. The number of benzene rings is 4. The Hall–Kier alpha value is -3.34. The summed E-state index contributed by atoms with van der Waals surface area (Å²) >= 11 is 8.46. The highest BCUT2D eigenvalue weighted by molar-refractivity contribution is 14.1. The largest absolute Gasteiger partial charge is 0.488 e. The molecule has 0 saturated carbocycles. The predicted octanol–water partition coefficient (Wildman–Crippen LogP) is 7.22. The van der Waals surface area contributed by atoms with Gasteiger partial charge in [-0.3, -0.25) is 4.79 Å². The molecule has 0 aromatic heterocycles. The van der Waals surface area contributed by atoms with Crippen LogP contribution < -0.4 is 10.1 Å². The van der Waals surface area contributed by atoms with Crippen LogP contribution in [-0.4, -0.2) is 5.91 Å². The lowest BCUT2D eigenvalue weighted by Gasteiger charge is -2.13. The quantitative estimate of drug-likeness (QED) is 0.153. The first kappa shape index (κ1) is 22.8. The van der Waals surface area contributed by atoms with Crippen LogP contribution in [0.5, 0.6) is 5.75 Å². The zero-order valence-corrected chi connectivity index (χ0v) is 20.3. The van der Waals surface area contributed by atoms with Crippen molar-refractivity contribution in [3.8, 4) is 11.8 Å². The topological polar surface area (TPSA) is 62.1 Å². The van der Waals surface area contributed by atoms with Gasteiger partial charge < -0.3 is 10.1 Å². The zero-order chi connectivity index (χ0) is 23.2. The van der Waals surface area contributed by atoms with Crippen molar-refractivity contribution in [2.24, 2.45) is 0 Å². The standard InChI is InChI=1S/C27H18ClIN2O2/c28-25-8-4-2-6-19(25)17-33-26-14-9-18-5-1-3-7-23(18)24(26)15-20(16-30)27(32)31-22-12-10-21(29)11-13-22/h1-15H,17H2,(H,31,32)/b20-15+. The van der Waals surface area contributed by atoms with Gasteiger partial charge in [-0.15, -0.1) is 0 Å². The summed E-state index contributed by atoms with van der Waals surface area (Å²) in [6.45, 7) is 0.260. The number of ether oxygens (including phenoxy) is 1. The van der Waals surface area contributed by atoms with E-state index >= 15 is 0 Å². The molecule has 1 amide bonds. The lowest BCUT2D eigenvalue weighted by molar-refractivity contribution is -0.112. The molecule has 0 aliphatic carbocycles. The maximum Gasteiger partial charge on any atom is 0.266 e. The molecule has 0 saturated heterocycles. The van der Waals surface area contributed by atoms with Gasteiger partial charge in [0.2, 0.25) is 0 Å². The minimum atomic E-state index is -0.483. The molecule has 162 valence electrons. The number of fused-ring (bicyclic) bond motifs is 1. The van der Waals surface area contributed by atoms with E-state index in [0.717, 1.165) is 19.9 Å². The number of nitrogens with zero attached hydrogens (tertiary/aromatic N) is 1. The van der Waals surface area contributed by atoms with Gasteiger partial charge in [-0.2, -0.15) is 5.26 Å². The fourth-order valence-electron chi connectivity index (χ4n) is 3.35. The highest BCUT2D eigenvalue weighted by Gasteiger charge is 2.14. The summed E-state index contributed by atoms with van der Waals surface area (Å²) in [6.07, 6.45) is 1.58. The van der Waals surface area contributed by atoms with Crippen LogP contribution in [0.3, 0.4) is 0 Å². The van der Waals surface area contributed by atoms with Crippen molar-refractivity contribution in [2.45, 2.75) is 6.61 Å². The fraction of sp³-hybridized carbons (Fsp3) is 0.0370. The average Bonchev–Trinajstić information content (AvgIpc) is 2.83. The van der Waals surface area contributed by atoms with Crippen molar-refractivity contribution in [1.29, 1.82) is 5.26 Å². The Morgan fingerprint density at radius 2 is 1.73 bits per heavy atom. The van der Waals surface area contributed by atoms with Crippen LogP contribution in [0.4, 0.5) is 5.69 Å². The van der Waals surface area contributed by atoms with Crippen LogP contribution in [0, 0.1) is 14.9 Å². The average molecular weight is 565 g/mol. The van der Waals surface area contributed by atoms with E-state index in [4.69, 9.17) is 16.3 Å². The first-order chi connectivity index (χ1) is 16.0. The van der Waals surface area contributed by atoms with Gasteiger partial charge in [0.15, 0.2) is 0 Å². The third kappa shape index (κ3) is 5.54. The van der Waals surface area contributed by atoms with Crippen molar-refractivity contribution in [3.05, 3.63) is 110 Å². The Balaban J connectivity index is 1.70. The summed E-state index contributed by atoms with van der Waals surface area (Å²) in [5.74, 6) is 0.0760. The molecule has 0 radical (unpaired) electrons. The number of rotatable bonds is 6. The SMILES string of the molecule is N#C/C(=C\c1c(OCc2ccccc2Cl)ccc2ccccc12)C(=O)Nc1ccc(I)cc1. The highest BCUT2D eigenvalue weighted by atomic mass is 127. The Kier molecular flexibility index (Phi) is 7.28. The van der Waals surface area contributed by atoms with E-state index in [-0.39, 0.29) is 12.2 Å². The van der Waals surface area contributed by atoms with E-state index in [9.17, 15) is 10.1 Å². The van der Waals surface area contributed by atoms with Gasteiger partial charge in [-0.05, 0) is 75.8 Å². The second-order valence-electron chi connectivity index (χ2n) is 7.21. The minimum Gasteiger partial charge on any atom is -0.488 e. The highest BCUT2D eigenvalue weighted by Crippen LogP contribution is 2.31. The molecule has 0 fully saturated rings. The van der Waals surface area contributed by atoms with Gasteiger partial charge in [0.25, 0.3) is 5.91 Å². The van der Waals surface area contributed by atoms with Crippen molar-refractivity contribution < 1.29 is 9.53 Å². The van der Waals surface area contributed by atoms with Crippen LogP contribution >= 0.6 is 34.2 Å². The molecule has 0 aliphatic rings. The van der Waals surface area contributed by atoms with E-state index in [1.807, 2.05) is 78.9 Å². The second kappa shape index (κ2) is 10.5.